The van der Waals surface area contributed by atoms with E-state index in [1.807, 2.05) is 60.7 Å². The molecule has 3 heterocycles. The number of aromatic nitrogens is 1. The Hall–Kier alpha value is -4.19. The minimum absolute atomic E-state index is 0.160. The fourth-order valence-corrected chi connectivity index (χ4v) is 8.68. The molecule has 2 saturated carbocycles. The number of pyridine rings is 1. The van der Waals surface area contributed by atoms with Gasteiger partial charge in [-0.2, -0.15) is 0 Å². The van der Waals surface area contributed by atoms with Crippen LogP contribution in [0.15, 0.2) is 66.7 Å². The van der Waals surface area contributed by atoms with Crippen LogP contribution in [0.25, 0.3) is 10.9 Å². The van der Waals surface area contributed by atoms with Crippen molar-refractivity contribution in [3.63, 3.8) is 0 Å². The normalized spacial score (nSPS) is 28.6. The molecule has 0 bridgehead atoms. The van der Waals surface area contributed by atoms with Crippen LogP contribution in [-0.4, -0.2) is 71.0 Å². The van der Waals surface area contributed by atoms with Crippen molar-refractivity contribution < 1.29 is 27.5 Å². The zero-order valence-electron chi connectivity index (χ0n) is 27.9. The quantitative estimate of drug-likeness (QED) is 0.325. The number of hydrogen-bond acceptors (Lipinski definition) is 8. The molecule has 1 aromatic heterocycles. The third-order valence-electron chi connectivity index (χ3n) is 10.9. The molecular weight excluding hydrogens is 643 g/mol. The van der Waals surface area contributed by atoms with Crippen LogP contribution in [0.1, 0.15) is 77.6 Å². The molecule has 2 aliphatic heterocycles. The highest BCUT2D eigenvalue weighted by Gasteiger charge is 2.63. The van der Waals surface area contributed by atoms with Crippen LogP contribution < -0.4 is 20.1 Å². The summed E-state index contributed by atoms with van der Waals surface area (Å²) in [6.45, 7) is 1.79. The molecule has 49 heavy (non-hydrogen) atoms. The molecule has 11 nitrogen and oxygen atoms in total. The Kier molecular flexibility index (Phi) is 9.02. The minimum Gasteiger partial charge on any atom is -0.472 e. The van der Waals surface area contributed by atoms with Gasteiger partial charge >= 0.3 is 0 Å². The molecule has 3 N–H and O–H groups in total. The van der Waals surface area contributed by atoms with Gasteiger partial charge in [-0.1, -0.05) is 68.5 Å². The molecule has 4 aliphatic rings. The first-order chi connectivity index (χ1) is 23.6. The molecule has 7 rings (SSSR count). The first kappa shape index (κ1) is 33.3. The summed E-state index contributed by atoms with van der Waals surface area (Å²) < 4.78 is 33.9. The van der Waals surface area contributed by atoms with Crippen LogP contribution in [-0.2, 0) is 24.4 Å². The molecule has 4 fully saturated rings. The van der Waals surface area contributed by atoms with Gasteiger partial charge in [-0.05, 0) is 69.2 Å². The number of fused-ring (bicyclic) bond motifs is 3. The summed E-state index contributed by atoms with van der Waals surface area (Å²) in [4.78, 5) is 48.8. The molecule has 12 heteroatoms. The number of carbonyl (C=O) groups excluding carboxylic acids is 3. The molecule has 2 aromatic carbocycles. The summed E-state index contributed by atoms with van der Waals surface area (Å²) in [5, 5.41) is 7.38. The molecule has 3 aromatic rings. The van der Waals surface area contributed by atoms with Crippen LogP contribution in [0.2, 0.25) is 0 Å². The first-order valence-electron chi connectivity index (χ1n) is 17.6. The lowest BCUT2D eigenvalue weighted by atomic mass is 10.0. The second-order valence-electron chi connectivity index (χ2n) is 14.5. The highest BCUT2D eigenvalue weighted by molar-refractivity contribution is 7.91. The summed E-state index contributed by atoms with van der Waals surface area (Å²) in [7, 11) is -3.90. The SMILES string of the molecule is CC1(S(=O)(=O)NC(=O)[C@@]23C[C@H]2CCCCCCC[C@H](Nc2ccccc2)C(=O)N2C[C@H](Oc4ccc5ccccc5n4)C[C@H]2C(=O)N3)CC1. The predicted molar refractivity (Wildman–Crippen MR) is 186 cm³/mol. The summed E-state index contributed by atoms with van der Waals surface area (Å²) in [6, 6.07) is 19.5. The Morgan fingerprint density at radius 2 is 1.65 bits per heavy atom. The van der Waals surface area contributed by atoms with Crippen molar-refractivity contribution in [3.8, 4) is 5.88 Å². The van der Waals surface area contributed by atoms with Gasteiger partial charge in [0, 0.05) is 23.6 Å². The van der Waals surface area contributed by atoms with Crippen molar-refractivity contribution in [2.24, 2.45) is 5.92 Å². The zero-order valence-corrected chi connectivity index (χ0v) is 28.7. The van der Waals surface area contributed by atoms with E-state index in [1.165, 1.54) is 0 Å². The van der Waals surface area contributed by atoms with Gasteiger partial charge < -0.3 is 20.3 Å². The lowest BCUT2D eigenvalue weighted by Gasteiger charge is -2.30. The predicted octanol–water partition coefficient (Wildman–Crippen LogP) is 4.68. The number of nitrogens with zero attached hydrogens (tertiary/aromatic N) is 2. The summed E-state index contributed by atoms with van der Waals surface area (Å²) in [6.07, 6.45) is 6.91. The number of amides is 3. The van der Waals surface area contributed by atoms with E-state index in [2.05, 4.69) is 20.3 Å². The first-order valence-corrected chi connectivity index (χ1v) is 19.1. The highest BCUT2D eigenvalue weighted by atomic mass is 32.2. The van der Waals surface area contributed by atoms with E-state index >= 15 is 0 Å². The number of ether oxygens (including phenoxy) is 1. The Bertz CT molecular complexity index is 1830. The fraction of sp³-hybridized carbons (Fsp3) is 0.514. The molecule has 0 spiro atoms. The van der Waals surface area contributed by atoms with E-state index in [0.717, 1.165) is 48.7 Å². The van der Waals surface area contributed by atoms with Crippen molar-refractivity contribution in [2.75, 3.05) is 11.9 Å². The van der Waals surface area contributed by atoms with Gasteiger partial charge in [0.1, 0.15) is 23.7 Å². The lowest BCUT2D eigenvalue weighted by molar-refractivity contribution is -0.140. The Morgan fingerprint density at radius 3 is 2.43 bits per heavy atom. The number of carbonyl (C=O) groups is 3. The van der Waals surface area contributed by atoms with E-state index in [0.29, 0.717) is 38.0 Å². The standard InChI is InChI=1S/C37H45N5O6S/c1-36(20-21-36)49(46,47)41-35(45)37-23-26(37)13-6-3-2-4-9-17-30(38-27-14-7-5-8-15-27)34(44)42-24-28(22-31(42)33(43)40-37)48-32-19-18-25-12-10-11-16-29(25)39-32/h5,7-8,10-12,14-16,18-19,26,28,30-31,38H,2-4,6,9,13,17,20-24H2,1H3,(H,40,43)(H,41,45)/t26-,28-,30+,31+,37-/m1/s1. The topological polar surface area (TPSA) is 147 Å². The number of benzene rings is 2. The number of para-hydroxylation sites is 2. The number of sulfonamides is 1. The molecule has 5 atom stereocenters. The van der Waals surface area contributed by atoms with Crippen molar-refractivity contribution >= 4 is 44.3 Å². The maximum atomic E-state index is 14.5. The van der Waals surface area contributed by atoms with Crippen molar-refractivity contribution in [3.05, 3.63) is 66.7 Å². The Morgan fingerprint density at radius 1 is 0.939 bits per heavy atom. The van der Waals surface area contributed by atoms with Gasteiger partial charge in [-0.25, -0.2) is 13.4 Å². The summed E-state index contributed by atoms with van der Waals surface area (Å²) >= 11 is 0. The van der Waals surface area contributed by atoms with Gasteiger partial charge in [-0.15, -0.1) is 0 Å². The highest BCUT2D eigenvalue weighted by Crippen LogP contribution is 2.49. The summed E-state index contributed by atoms with van der Waals surface area (Å²) in [5.74, 6) is -1.17. The maximum Gasteiger partial charge on any atom is 0.259 e. The average Bonchev–Trinajstić information content (AvgIpc) is 3.97. The van der Waals surface area contributed by atoms with Gasteiger partial charge in [0.15, 0.2) is 0 Å². The molecule has 260 valence electrons. The second kappa shape index (κ2) is 13.3. The van der Waals surface area contributed by atoms with Crippen LogP contribution in [0, 0.1) is 5.92 Å². The van der Waals surface area contributed by atoms with E-state index in [1.54, 1.807) is 17.9 Å². The van der Waals surface area contributed by atoms with Crippen LogP contribution in [0.4, 0.5) is 5.69 Å². The summed E-state index contributed by atoms with van der Waals surface area (Å²) in [5.41, 5.74) is 0.246. The average molecular weight is 688 g/mol. The van der Waals surface area contributed by atoms with Crippen molar-refractivity contribution in [1.29, 1.82) is 0 Å². The fourth-order valence-electron chi connectivity index (χ4n) is 7.37. The van der Waals surface area contributed by atoms with E-state index < -0.39 is 50.3 Å². The van der Waals surface area contributed by atoms with Crippen molar-refractivity contribution in [1.82, 2.24) is 19.9 Å². The van der Waals surface area contributed by atoms with Crippen molar-refractivity contribution in [2.45, 2.75) is 106 Å². The third-order valence-corrected chi connectivity index (χ3v) is 13.0. The third kappa shape index (κ3) is 6.97. The van der Waals surface area contributed by atoms with E-state index in [-0.39, 0.29) is 24.8 Å². The van der Waals surface area contributed by atoms with Gasteiger partial charge in [0.25, 0.3) is 5.91 Å². The Balaban J connectivity index is 1.17. The lowest BCUT2D eigenvalue weighted by Crippen LogP contribution is -2.58. The van der Waals surface area contributed by atoms with Gasteiger partial charge in [0.05, 0.1) is 16.8 Å². The smallest absolute Gasteiger partial charge is 0.259 e. The largest absolute Gasteiger partial charge is 0.472 e. The molecule has 0 radical (unpaired) electrons. The zero-order chi connectivity index (χ0) is 34.2. The number of hydrogen-bond donors (Lipinski definition) is 3. The van der Waals surface area contributed by atoms with Gasteiger partial charge in [0.2, 0.25) is 27.7 Å². The van der Waals surface area contributed by atoms with Crippen LogP contribution in [0.5, 0.6) is 5.88 Å². The minimum atomic E-state index is -3.90. The number of nitrogens with one attached hydrogen (secondary N) is 3. The maximum absolute atomic E-state index is 14.5. The van der Waals surface area contributed by atoms with Gasteiger partial charge in [-0.3, -0.25) is 19.1 Å². The number of rotatable bonds is 7. The van der Waals surface area contributed by atoms with Crippen LogP contribution >= 0.6 is 0 Å². The molecular formula is C37H45N5O6S. The van der Waals surface area contributed by atoms with E-state index in [9.17, 15) is 22.8 Å². The molecule has 2 aliphatic carbocycles. The molecule has 3 amide bonds. The molecule has 2 saturated heterocycles. The second-order valence-corrected chi connectivity index (χ2v) is 16.7. The monoisotopic (exact) mass is 687 g/mol. The van der Waals surface area contributed by atoms with Crippen LogP contribution in [0.3, 0.4) is 0 Å². The Labute approximate surface area is 287 Å². The molecule has 0 unspecified atom stereocenters. The van der Waals surface area contributed by atoms with E-state index in [4.69, 9.17) is 4.74 Å². The number of anilines is 1.